The fraction of sp³-hybridized carbons (Fsp3) is 0.462. The molecule has 7 heteroatoms. The zero-order valence-corrected chi connectivity index (χ0v) is 12.8. The number of nitriles is 1. The highest BCUT2D eigenvalue weighted by atomic mass is 35.5. The second kappa shape index (κ2) is 5.24. The molecule has 1 N–H and O–H groups in total. The lowest BCUT2D eigenvalue weighted by Crippen LogP contribution is -2.34. The van der Waals surface area contributed by atoms with Gasteiger partial charge in [0.15, 0.2) is 0 Å². The molecule has 1 aromatic rings. The molecule has 108 valence electrons. The second-order valence-corrected chi connectivity index (χ2v) is 7.15. The van der Waals surface area contributed by atoms with Gasteiger partial charge >= 0.3 is 0 Å². The van der Waals surface area contributed by atoms with E-state index in [9.17, 15) is 13.5 Å². The van der Waals surface area contributed by atoms with Crippen LogP contribution in [0.5, 0.6) is 5.75 Å². The van der Waals surface area contributed by atoms with Gasteiger partial charge in [0.25, 0.3) is 0 Å². The number of halogens is 1. The van der Waals surface area contributed by atoms with E-state index in [1.165, 1.54) is 13.0 Å². The number of benzene rings is 1. The molecule has 0 heterocycles. The number of sulfonamides is 1. The molecule has 1 aliphatic carbocycles. The fourth-order valence-corrected chi connectivity index (χ4v) is 4.64. The summed E-state index contributed by atoms with van der Waals surface area (Å²) in [5.74, 6) is -0.0827. The van der Waals surface area contributed by atoms with Crippen molar-refractivity contribution >= 4 is 21.6 Å². The number of hydrogen-bond donors (Lipinski definition) is 1. The van der Waals surface area contributed by atoms with Crippen LogP contribution in [0.3, 0.4) is 0 Å². The van der Waals surface area contributed by atoms with Crippen LogP contribution in [0.15, 0.2) is 11.0 Å². The molecule has 0 saturated heterocycles. The van der Waals surface area contributed by atoms with Crippen molar-refractivity contribution in [2.45, 2.75) is 37.6 Å². The van der Waals surface area contributed by atoms with Crippen LogP contribution in [0, 0.1) is 25.2 Å². The van der Waals surface area contributed by atoms with Gasteiger partial charge in [0.05, 0.1) is 11.1 Å². The molecule has 0 aliphatic heterocycles. The van der Waals surface area contributed by atoms with Crippen LogP contribution in [-0.4, -0.2) is 30.4 Å². The molecule has 5 nitrogen and oxygen atoms in total. The minimum Gasteiger partial charge on any atom is -0.507 e. The maximum atomic E-state index is 12.7. The number of rotatable bonds is 4. The van der Waals surface area contributed by atoms with Crippen LogP contribution in [-0.2, 0) is 10.0 Å². The molecule has 1 aliphatic rings. The highest BCUT2D eigenvalue weighted by Gasteiger charge is 2.40. The first-order valence-corrected chi connectivity index (χ1v) is 8.00. The van der Waals surface area contributed by atoms with Crippen molar-refractivity contribution in [1.82, 2.24) is 4.31 Å². The molecule has 0 spiro atoms. The van der Waals surface area contributed by atoms with Gasteiger partial charge in [0.2, 0.25) is 10.0 Å². The Hall–Kier alpha value is -1.29. The molecule has 0 aromatic heterocycles. The summed E-state index contributed by atoms with van der Waals surface area (Å²) in [7, 11) is -3.88. The average molecular weight is 315 g/mol. The van der Waals surface area contributed by atoms with E-state index in [1.54, 1.807) is 6.92 Å². The minimum atomic E-state index is -3.88. The number of nitrogens with zero attached hydrogens (tertiary/aromatic N) is 2. The third-order valence-electron chi connectivity index (χ3n) is 3.38. The van der Waals surface area contributed by atoms with E-state index < -0.39 is 10.0 Å². The van der Waals surface area contributed by atoms with Crippen LogP contribution in [0.25, 0.3) is 0 Å². The standard InChI is InChI=1S/C13H15ClN2O3S/c1-8-7-11(14)13(9(2)12(8)17)20(18,19)16(6-5-15)10-3-4-10/h7,10,17H,3-4,6H2,1-2H3. The first kappa shape index (κ1) is 15.1. The number of phenols is 1. The normalized spacial score (nSPS) is 15.3. The maximum Gasteiger partial charge on any atom is 0.246 e. The van der Waals surface area contributed by atoms with Crippen molar-refractivity contribution in [3.05, 3.63) is 22.2 Å². The fourth-order valence-electron chi connectivity index (χ4n) is 2.18. The predicted molar refractivity (Wildman–Crippen MR) is 75.1 cm³/mol. The van der Waals surface area contributed by atoms with Gasteiger partial charge in [0, 0.05) is 11.6 Å². The molecule has 0 amide bonds. The molecule has 1 fully saturated rings. The lowest BCUT2D eigenvalue weighted by atomic mass is 10.1. The van der Waals surface area contributed by atoms with Crippen molar-refractivity contribution in [3.63, 3.8) is 0 Å². The average Bonchev–Trinajstić information content (AvgIpc) is 3.16. The van der Waals surface area contributed by atoms with Gasteiger partial charge < -0.3 is 5.11 Å². The Kier molecular flexibility index (Phi) is 3.96. The summed E-state index contributed by atoms with van der Waals surface area (Å²) in [5, 5.41) is 18.8. The van der Waals surface area contributed by atoms with E-state index in [2.05, 4.69) is 0 Å². The van der Waals surface area contributed by atoms with Gasteiger partial charge in [-0.3, -0.25) is 0 Å². The number of phenolic OH excluding ortho intramolecular Hbond substituents is 1. The highest BCUT2D eigenvalue weighted by molar-refractivity contribution is 7.89. The Bertz CT molecular complexity index is 691. The van der Waals surface area contributed by atoms with Gasteiger partial charge in [-0.05, 0) is 38.3 Å². The third kappa shape index (κ3) is 2.49. The Balaban J connectivity index is 2.60. The summed E-state index contributed by atoms with van der Waals surface area (Å²) in [4.78, 5) is -0.107. The molecular weight excluding hydrogens is 300 g/mol. The molecular formula is C13H15ClN2O3S. The summed E-state index contributed by atoms with van der Waals surface area (Å²) in [6, 6.07) is 3.16. The topological polar surface area (TPSA) is 81.4 Å². The lowest BCUT2D eigenvalue weighted by molar-refractivity contribution is 0.435. The zero-order chi connectivity index (χ0) is 15.1. The first-order chi connectivity index (χ1) is 9.30. The summed E-state index contributed by atoms with van der Waals surface area (Å²) in [6.45, 7) is 2.95. The number of hydrogen-bond acceptors (Lipinski definition) is 4. The Morgan fingerprint density at radius 1 is 1.50 bits per heavy atom. The Labute approximate surface area is 123 Å². The van der Waals surface area contributed by atoms with Crippen LogP contribution < -0.4 is 0 Å². The van der Waals surface area contributed by atoms with Crippen molar-refractivity contribution in [3.8, 4) is 11.8 Å². The molecule has 1 aromatic carbocycles. The number of aromatic hydroxyl groups is 1. The largest absolute Gasteiger partial charge is 0.507 e. The molecule has 20 heavy (non-hydrogen) atoms. The summed E-state index contributed by atoms with van der Waals surface area (Å²) in [5.41, 5.74) is 0.739. The van der Waals surface area contributed by atoms with E-state index in [1.807, 2.05) is 6.07 Å². The van der Waals surface area contributed by atoms with Crippen LogP contribution in [0.2, 0.25) is 5.02 Å². The summed E-state index contributed by atoms with van der Waals surface area (Å²) in [6.07, 6.45) is 1.49. The summed E-state index contributed by atoms with van der Waals surface area (Å²) < 4.78 is 26.5. The molecule has 2 rings (SSSR count). The predicted octanol–water partition coefficient (Wildman–Crippen LogP) is 2.34. The van der Waals surface area contributed by atoms with E-state index >= 15 is 0 Å². The van der Waals surface area contributed by atoms with Crippen molar-refractivity contribution in [1.29, 1.82) is 5.26 Å². The first-order valence-electron chi connectivity index (χ1n) is 6.18. The maximum absolute atomic E-state index is 12.7. The smallest absolute Gasteiger partial charge is 0.246 e. The van der Waals surface area contributed by atoms with Gasteiger partial charge in [0.1, 0.15) is 17.2 Å². The summed E-state index contributed by atoms with van der Waals surface area (Å²) >= 11 is 6.06. The van der Waals surface area contributed by atoms with Crippen molar-refractivity contribution < 1.29 is 13.5 Å². The van der Waals surface area contributed by atoms with Crippen LogP contribution in [0.1, 0.15) is 24.0 Å². The van der Waals surface area contributed by atoms with E-state index in [4.69, 9.17) is 16.9 Å². The van der Waals surface area contributed by atoms with E-state index in [-0.39, 0.29) is 33.8 Å². The van der Waals surface area contributed by atoms with Gasteiger partial charge in [-0.2, -0.15) is 9.57 Å². The van der Waals surface area contributed by atoms with Crippen molar-refractivity contribution in [2.75, 3.05) is 6.54 Å². The third-order valence-corrected chi connectivity index (χ3v) is 5.87. The minimum absolute atomic E-state index is 0.0707. The Morgan fingerprint density at radius 2 is 2.10 bits per heavy atom. The molecule has 0 unspecified atom stereocenters. The van der Waals surface area contributed by atoms with E-state index in [0.29, 0.717) is 5.56 Å². The molecule has 0 bridgehead atoms. The van der Waals surface area contributed by atoms with Crippen LogP contribution >= 0.6 is 11.6 Å². The van der Waals surface area contributed by atoms with Gasteiger partial charge in [-0.1, -0.05) is 11.6 Å². The van der Waals surface area contributed by atoms with Gasteiger partial charge in [-0.15, -0.1) is 0 Å². The van der Waals surface area contributed by atoms with Crippen molar-refractivity contribution in [2.24, 2.45) is 0 Å². The second-order valence-electron chi connectivity index (χ2n) is 4.92. The monoisotopic (exact) mass is 314 g/mol. The SMILES string of the molecule is Cc1cc(Cl)c(S(=O)(=O)N(CC#N)C2CC2)c(C)c1O. The highest BCUT2D eigenvalue weighted by Crippen LogP contribution is 2.39. The van der Waals surface area contributed by atoms with Gasteiger partial charge in [-0.25, -0.2) is 8.42 Å². The lowest BCUT2D eigenvalue weighted by Gasteiger charge is -2.21. The van der Waals surface area contributed by atoms with E-state index in [0.717, 1.165) is 17.1 Å². The molecule has 0 atom stereocenters. The molecule has 1 saturated carbocycles. The quantitative estimate of drug-likeness (QED) is 0.865. The van der Waals surface area contributed by atoms with Crippen LogP contribution in [0.4, 0.5) is 0 Å². The Morgan fingerprint density at radius 3 is 2.60 bits per heavy atom. The number of aryl methyl sites for hydroxylation is 1. The molecule has 0 radical (unpaired) electrons. The zero-order valence-electron chi connectivity index (χ0n) is 11.2.